The second kappa shape index (κ2) is 8.15. The van der Waals surface area contributed by atoms with Gasteiger partial charge in [0.2, 0.25) is 5.91 Å². The van der Waals surface area contributed by atoms with Crippen molar-refractivity contribution in [2.75, 3.05) is 5.32 Å². The fourth-order valence-corrected chi connectivity index (χ4v) is 4.73. The molecule has 142 valence electrons. The summed E-state index contributed by atoms with van der Waals surface area (Å²) in [6.07, 6.45) is 3.18. The van der Waals surface area contributed by atoms with Crippen LogP contribution in [0.5, 0.6) is 0 Å². The number of aromatic nitrogens is 2. The van der Waals surface area contributed by atoms with Crippen molar-refractivity contribution in [2.24, 2.45) is 0 Å². The fraction of sp³-hybridized carbons (Fsp3) is 0.333. The number of carbonyl (C=O) groups excluding carboxylic acids is 1. The van der Waals surface area contributed by atoms with Gasteiger partial charge in [-0.3, -0.25) is 13.4 Å². The predicted molar refractivity (Wildman–Crippen MR) is 120 cm³/mol. The molecule has 3 rings (SSSR count). The second-order valence-corrected chi connectivity index (χ2v) is 8.51. The van der Waals surface area contributed by atoms with Gasteiger partial charge in [-0.1, -0.05) is 20.8 Å². The lowest BCUT2D eigenvalue weighted by atomic mass is 9.96. The van der Waals surface area contributed by atoms with E-state index in [4.69, 9.17) is 0 Å². The van der Waals surface area contributed by atoms with Crippen LogP contribution in [0.25, 0.3) is 22.2 Å². The van der Waals surface area contributed by atoms with Gasteiger partial charge in [0.1, 0.15) is 0 Å². The Morgan fingerprint density at radius 1 is 1.30 bits per heavy atom. The van der Waals surface area contributed by atoms with Gasteiger partial charge in [-0.05, 0) is 65.0 Å². The third-order valence-electron chi connectivity index (χ3n) is 4.55. The Labute approximate surface area is 176 Å². The minimum atomic E-state index is 0.0342. The Morgan fingerprint density at radius 2 is 2.04 bits per heavy atom. The molecule has 0 radical (unpaired) electrons. The quantitative estimate of drug-likeness (QED) is 0.426. The highest BCUT2D eigenvalue weighted by atomic mass is 79.9. The number of pyridine rings is 1. The van der Waals surface area contributed by atoms with Gasteiger partial charge in [0.15, 0.2) is 0 Å². The van der Waals surface area contributed by atoms with Crippen LogP contribution < -0.4 is 5.32 Å². The van der Waals surface area contributed by atoms with Crippen LogP contribution in [0.1, 0.15) is 50.8 Å². The van der Waals surface area contributed by atoms with Crippen LogP contribution in [0.4, 0.5) is 5.69 Å². The second-order valence-electron chi connectivity index (χ2n) is 7.00. The molecule has 2 aromatic heterocycles. The molecule has 0 spiro atoms. The van der Waals surface area contributed by atoms with Crippen LogP contribution >= 0.6 is 32.1 Å². The summed E-state index contributed by atoms with van der Waals surface area (Å²) < 4.78 is 2.97. The van der Waals surface area contributed by atoms with Crippen molar-refractivity contribution in [3.05, 3.63) is 46.2 Å². The van der Waals surface area contributed by atoms with Crippen molar-refractivity contribution in [3.63, 3.8) is 0 Å². The number of halogens is 2. The van der Waals surface area contributed by atoms with Crippen LogP contribution in [0.15, 0.2) is 34.9 Å². The summed E-state index contributed by atoms with van der Waals surface area (Å²) in [4.78, 5) is 16.4. The highest BCUT2D eigenvalue weighted by Crippen LogP contribution is 2.44. The maximum atomic E-state index is 12.1. The molecule has 0 bridgehead atoms. The van der Waals surface area contributed by atoms with Gasteiger partial charge < -0.3 is 5.32 Å². The molecule has 3 aromatic rings. The molecule has 27 heavy (non-hydrogen) atoms. The van der Waals surface area contributed by atoms with Gasteiger partial charge in [0, 0.05) is 29.3 Å². The van der Waals surface area contributed by atoms with Crippen molar-refractivity contribution in [3.8, 4) is 11.3 Å². The standard InChI is InChI=1S/C21H23Br2N3O/c1-5-6-17(27)25-15-7-8-16-19(20(15)22)18(12(2)3)21(26(16)23)14-9-10-24-13(4)11-14/h7-12H,5-6H2,1-4H3,(H,25,27). The van der Waals surface area contributed by atoms with E-state index in [0.717, 1.165) is 44.4 Å². The summed E-state index contributed by atoms with van der Waals surface area (Å²) in [6, 6.07) is 8.11. The average molecular weight is 493 g/mol. The lowest BCUT2D eigenvalue weighted by Crippen LogP contribution is -2.11. The Balaban J connectivity index is 2.26. The minimum absolute atomic E-state index is 0.0342. The molecule has 4 nitrogen and oxygen atoms in total. The molecule has 0 saturated carbocycles. The molecular weight excluding hydrogens is 470 g/mol. The Bertz CT molecular complexity index is 1010. The molecule has 1 amide bonds. The van der Waals surface area contributed by atoms with E-state index in [1.54, 1.807) is 0 Å². The van der Waals surface area contributed by atoms with E-state index in [1.165, 1.54) is 5.56 Å². The third kappa shape index (κ3) is 3.83. The van der Waals surface area contributed by atoms with Crippen LogP contribution in [0.3, 0.4) is 0 Å². The summed E-state index contributed by atoms with van der Waals surface area (Å²) in [7, 11) is 0. The first kappa shape index (κ1) is 20.1. The number of hydrogen-bond acceptors (Lipinski definition) is 2. The lowest BCUT2D eigenvalue weighted by molar-refractivity contribution is -0.116. The smallest absolute Gasteiger partial charge is 0.224 e. The molecule has 1 N–H and O–H groups in total. The molecule has 2 heterocycles. The first-order valence-corrected chi connectivity index (χ1v) is 10.6. The van der Waals surface area contributed by atoms with Gasteiger partial charge in [-0.15, -0.1) is 0 Å². The summed E-state index contributed by atoms with van der Waals surface area (Å²) in [5, 5.41) is 4.14. The lowest BCUT2D eigenvalue weighted by Gasteiger charge is -2.12. The zero-order valence-corrected chi connectivity index (χ0v) is 19.1. The van der Waals surface area contributed by atoms with Gasteiger partial charge in [0.05, 0.1) is 37.5 Å². The normalized spacial score (nSPS) is 11.4. The maximum absolute atomic E-state index is 12.1. The molecule has 0 fully saturated rings. The first-order valence-electron chi connectivity index (χ1n) is 9.11. The monoisotopic (exact) mass is 491 g/mol. The third-order valence-corrected chi connectivity index (χ3v) is 6.11. The Kier molecular flexibility index (Phi) is 6.06. The van der Waals surface area contributed by atoms with E-state index < -0.39 is 0 Å². The van der Waals surface area contributed by atoms with Crippen molar-refractivity contribution in [2.45, 2.75) is 46.5 Å². The SMILES string of the molecule is CCCC(=O)Nc1ccc2c(c1Br)c(C(C)C)c(-c1ccnc(C)c1)n2Br. The number of carbonyl (C=O) groups is 1. The number of nitrogens with zero attached hydrogens (tertiary/aromatic N) is 2. The number of nitrogens with one attached hydrogen (secondary N) is 1. The number of fused-ring (bicyclic) bond motifs is 1. The molecule has 1 aromatic carbocycles. The fourth-order valence-electron chi connectivity index (χ4n) is 3.39. The number of rotatable bonds is 5. The van der Waals surface area contributed by atoms with Crippen LogP contribution in [0.2, 0.25) is 0 Å². The van der Waals surface area contributed by atoms with Crippen molar-refractivity contribution < 1.29 is 4.79 Å². The van der Waals surface area contributed by atoms with Gasteiger partial charge in [-0.2, -0.15) is 0 Å². The van der Waals surface area contributed by atoms with E-state index >= 15 is 0 Å². The zero-order chi connectivity index (χ0) is 19.7. The highest BCUT2D eigenvalue weighted by Gasteiger charge is 2.23. The number of anilines is 1. The summed E-state index contributed by atoms with van der Waals surface area (Å²) >= 11 is 7.51. The van der Waals surface area contributed by atoms with Crippen LogP contribution in [0, 0.1) is 6.92 Å². The number of aryl methyl sites for hydroxylation is 1. The van der Waals surface area contributed by atoms with E-state index in [1.807, 2.05) is 38.2 Å². The predicted octanol–water partition coefficient (Wildman–Crippen LogP) is 6.79. The van der Waals surface area contributed by atoms with E-state index in [2.05, 4.69) is 65.9 Å². The van der Waals surface area contributed by atoms with E-state index in [-0.39, 0.29) is 5.91 Å². The van der Waals surface area contributed by atoms with E-state index in [9.17, 15) is 4.79 Å². The first-order chi connectivity index (χ1) is 12.8. The van der Waals surface area contributed by atoms with Crippen molar-refractivity contribution >= 4 is 54.6 Å². The molecule has 0 aliphatic carbocycles. The van der Waals surface area contributed by atoms with Crippen molar-refractivity contribution in [1.29, 1.82) is 0 Å². The number of hydrogen-bond donors (Lipinski definition) is 1. The van der Waals surface area contributed by atoms with Gasteiger partial charge in [0.25, 0.3) is 0 Å². The van der Waals surface area contributed by atoms with Crippen molar-refractivity contribution in [1.82, 2.24) is 8.58 Å². The topological polar surface area (TPSA) is 46.9 Å². The zero-order valence-electron chi connectivity index (χ0n) is 15.9. The molecule has 0 atom stereocenters. The minimum Gasteiger partial charge on any atom is -0.325 e. The average Bonchev–Trinajstić information content (AvgIpc) is 2.91. The van der Waals surface area contributed by atoms with E-state index in [0.29, 0.717) is 12.3 Å². The van der Waals surface area contributed by atoms with Gasteiger partial charge >= 0.3 is 0 Å². The summed E-state index contributed by atoms with van der Waals surface area (Å²) in [5.74, 6) is 0.333. The molecule has 0 aliphatic rings. The van der Waals surface area contributed by atoms with Crippen LogP contribution in [-0.4, -0.2) is 14.5 Å². The highest BCUT2D eigenvalue weighted by molar-refractivity contribution is 9.10. The molecule has 0 unspecified atom stereocenters. The Morgan fingerprint density at radius 3 is 2.67 bits per heavy atom. The molecular formula is C21H23Br2N3O. The Hall–Kier alpha value is -1.66. The largest absolute Gasteiger partial charge is 0.325 e. The number of amides is 1. The maximum Gasteiger partial charge on any atom is 0.224 e. The number of benzene rings is 1. The summed E-state index contributed by atoms with van der Waals surface area (Å²) in [6.45, 7) is 8.38. The van der Waals surface area contributed by atoms with Crippen LogP contribution in [-0.2, 0) is 4.79 Å². The van der Waals surface area contributed by atoms with Gasteiger partial charge in [-0.25, -0.2) is 0 Å². The summed E-state index contributed by atoms with van der Waals surface area (Å²) in [5.41, 5.74) is 6.30. The molecule has 0 aliphatic heterocycles. The molecule has 0 saturated heterocycles. The molecule has 6 heteroatoms.